The minimum atomic E-state index is -0.869. The SMILES string of the molecule is CCCCC(c1ccc2ccccc2c1)c1nc2cc(F)c(F)cc2[nH]1. The summed E-state index contributed by atoms with van der Waals surface area (Å²) in [4.78, 5) is 7.76. The molecule has 0 bridgehead atoms. The molecule has 0 radical (unpaired) electrons. The van der Waals surface area contributed by atoms with Gasteiger partial charge in [-0.15, -0.1) is 0 Å². The molecular weight excluding hydrogens is 330 g/mol. The fourth-order valence-electron chi connectivity index (χ4n) is 3.48. The molecule has 1 N–H and O–H groups in total. The summed E-state index contributed by atoms with van der Waals surface area (Å²) in [5.41, 5.74) is 2.15. The third kappa shape index (κ3) is 3.07. The number of unbranched alkanes of at least 4 members (excludes halogenated alkanes) is 1. The van der Waals surface area contributed by atoms with Gasteiger partial charge in [0.05, 0.1) is 11.0 Å². The van der Waals surface area contributed by atoms with Gasteiger partial charge in [0.15, 0.2) is 11.6 Å². The van der Waals surface area contributed by atoms with E-state index < -0.39 is 11.6 Å². The molecule has 0 aliphatic heterocycles. The van der Waals surface area contributed by atoms with E-state index in [9.17, 15) is 8.78 Å². The van der Waals surface area contributed by atoms with E-state index in [1.807, 2.05) is 12.1 Å². The van der Waals surface area contributed by atoms with Gasteiger partial charge in [-0.05, 0) is 22.8 Å². The minimum Gasteiger partial charge on any atom is -0.341 e. The normalized spacial score (nSPS) is 12.7. The molecule has 2 nitrogen and oxygen atoms in total. The number of fused-ring (bicyclic) bond motifs is 2. The molecule has 4 rings (SSSR count). The van der Waals surface area contributed by atoms with Crippen molar-refractivity contribution >= 4 is 21.8 Å². The molecule has 0 saturated carbocycles. The maximum atomic E-state index is 13.5. The van der Waals surface area contributed by atoms with Crippen molar-refractivity contribution in [1.29, 1.82) is 0 Å². The molecule has 0 spiro atoms. The Labute approximate surface area is 150 Å². The number of benzene rings is 3. The summed E-state index contributed by atoms with van der Waals surface area (Å²) in [5, 5.41) is 2.37. The highest BCUT2D eigenvalue weighted by Gasteiger charge is 2.19. The Morgan fingerprint density at radius 2 is 1.73 bits per heavy atom. The minimum absolute atomic E-state index is 0.0677. The van der Waals surface area contributed by atoms with E-state index in [2.05, 4.69) is 47.2 Å². The van der Waals surface area contributed by atoms with Gasteiger partial charge in [0.25, 0.3) is 0 Å². The largest absolute Gasteiger partial charge is 0.341 e. The van der Waals surface area contributed by atoms with Gasteiger partial charge in [0.1, 0.15) is 5.82 Å². The van der Waals surface area contributed by atoms with Crippen LogP contribution in [0.5, 0.6) is 0 Å². The van der Waals surface area contributed by atoms with Crippen molar-refractivity contribution in [2.75, 3.05) is 0 Å². The number of aromatic nitrogens is 2. The summed E-state index contributed by atoms with van der Waals surface area (Å²) in [5.74, 6) is -0.901. The molecule has 4 heteroatoms. The summed E-state index contributed by atoms with van der Waals surface area (Å²) in [6.07, 6.45) is 3.06. The van der Waals surface area contributed by atoms with Gasteiger partial charge in [-0.1, -0.05) is 62.2 Å². The van der Waals surface area contributed by atoms with Gasteiger partial charge in [-0.3, -0.25) is 0 Å². The molecule has 1 heterocycles. The molecule has 1 aromatic heterocycles. The van der Waals surface area contributed by atoms with E-state index in [0.29, 0.717) is 11.0 Å². The number of nitrogens with one attached hydrogen (secondary N) is 1. The number of nitrogens with zero attached hydrogens (tertiary/aromatic N) is 1. The maximum Gasteiger partial charge on any atom is 0.161 e. The molecule has 0 fully saturated rings. The lowest BCUT2D eigenvalue weighted by Crippen LogP contribution is -2.03. The summed E-state index contributed by atoms with van der Waals surface area (Å²) in [6.45, 7) is 2.15. The highest BCUT2D eigenvalue weighted by molar-refractivity contribution is 5.83. The monoisotopic (exact) mass is 350 g/mol. The third-order valence-electron chi connectivity index (χ3n) is 4.89. The van der Waals surface area contributed by atoms with Crippen LogP contribution < -0.4 is 0 Å². The lowest BCUT2D eigenvalue weighted by molar-refractivity contribution is 0.510. The number of H-pyrrole nitrogens is 1. The zero-order valence-corrected chi connectivity index (χ0v) is 14.6. The van der Waals surface area contributed by atoms with Gasteiger partial charge in [0, 0.05) is 18.1 Å². The first-order chi connectivity index (χ1) is 12.7. The van der Waals surface area contributed by atoms with Gasteiger partial charge < -0.3 is 4.98 Å². The van der Waals surface area contributed by atoms with Crippen molar-refractivity contribution in [2.24, 2.45) is 0 Å². The Morgan fingerprint density at radius 1 is 0.962 bits per heavy atom. The van der Waals surface area contributed by atoms with Crippen LogP contribution in [0.2, 0.25) is 0 Å². The van der Waals surface area contributed by atoms with Crippen LogP contribution in [-0.4, -0.2) is 9.97 Å². The molecule has 0 aliphatic rings. The van der Waals surface area contributed by atoms with E-state index in [0.717, 1.165) is 36.7 Å². The zero-order chi connectivity index (χ0) is 18.1. The van der Waals surface area contributed by atoms with E-state index >= 15 is 0 Å². The fraction of sp³-hybridized carbons (Fsp3) is 0.227. The quantitative estimate of drug-likeness (QED) is 0.448. The first-order valence-electron chi connectivity index (χ1n) is 8.99. The van der Waals surface area contributed by atoms with Gasteiger partial charge in [-0.2, -0.15) is 0 Å². The van der Waals surface area contributed by atoms with E-state index in [4.69, 9.17) is 0 Å². The predicted octanol–water partition coefficient (Wildman–Crippen LogP) is 6.32. The predicted molar refractivity (Wildman–Crippen MR) is 101 cm³/mol. The maximum absolute atomic E-state index is 13.5. The second-order valence-electron chi connectivity index (χ2n) is 6.71. The summed E-state index contributed by atoms with van der Waals surface area (Å²) in [6, 6.07) is 17.0. The first-order valence-corrected chi connectivity index (χ1v) is 8.99. The van der Waals surface area contributed by atoms with E-state index in [1.54, 1.807) is 0 Å². The van der Waals surface area contributed by atoms with Crippen molar-refractivity contribution in [1.82, 2.24) is 9.97 Å². The van der Waals surface area contributed by atoms with Crippen molar-refractivity contribution in [2.45, 2.75) is 32.1 Å². The standard InChI is InChI=1S/C22H20F2N2/c1-2-3-8-17(16-10-9-14-6-4-5-7-15(14)11-16)22-25-20-12-18(23)19(24)13-21(20)26-22/h4-7,9-13,17H,2-3,8H2,1H3,(H,25,26). The van der Waals surface area contributed by atoms with Crippen LogP contribution in [0, 0.1) is 11.6 Å². The Morgan fingerprint density at radius 3 is 2.54 bits per heavy atom. The third-order valence-corrected chi connectivity index (χ3v) is 4.89. The number of imidazole rings is 1. The lowest BCUT2D eigenvalue weighted by atomic mass is 9.91. The Kier molecular flexibility index (Phi) is 4.41. The van der Waals surface area contributed by atoms with Crippen LogP contribution in [0.3, 0.4) is 0 Å². The second-order valence-corrected chi connectivity index (χ2v) is 6.71. The van der Waals surface area contributed by atoms with Crippen molar-refractivity contribution < 1.29 is 8.78 Å². The topological polar surface area (TPSA) is 28.7 Å². The van der Waals surface area contributed by atoms with Crippen LogP contribution >= 0.6 is 0 Å². The van der Waals surface area contributed by atoms with Crippen LogP contribution in [-0.2, 0) is 0 Å². The lowest BCUT2D eigenvalue weighted by Gasteiger charge is -2.15. The van der Waals surface area contributed by atoms with Crippen LogP contribution in [0.15, 0.2) is 54.6 Å². The van der Waals surface area contributed by atoms with Crippen LogP contribution in [0.4, 0.5) is 8.78 Å². The molecule has 0 aliphatic carbocycles. The Hall–Kier alpha value is -2.75. The molecule has 1 atom stereocenters. The van der Waals surface area contributed by atoms with Gasteiger partial charge in [0.2, 0.25) is 0 Å². The molecule has 0 amide bonds. The highest BCUT2D eigenvalue weighted by Crippen LogP contribution is 2.32. The summed E-state index contributed by atoms with van der Waals surface area (Å²) < 4.78 is 27.1. The van der Waals surface area contributed by atoms with Gasteiger partial charge >= 0.3 is 0 Å². The first kappa shape index (κ1) is 16.7. The summed E-state index contributed by atoms with van der Waals surface area (Å²) in [7, 11) is 0. The molecule has 26 heavy (non-hydrogen) atoms. The highest BCUT2D eigenvalue weighted by atomic mass is 19.2. The second kappa shape index (κ2) is 6.87. The zero-order valence-electron chi connectivity index (χ0n) is 14.6. The number of halogens is 2. The van der Waals surface area contributed by atoms with Crippen molar-refractivity contribution in [3.05, 3.63) is 77.6 Å². The summed E-state index contributed by atoms with van der Waals surface area (Å²) >= 11 is 0. The number of rotatable bonds is 5. The van der Waals surface area contributed by atoms with Gasteiger partial charge in [-0.25, -0.2) is 13.8 Å². The average molecular weight is 350 g/mol. The number of hydrogen-bond acceptors (Lipinski definition) is 1. The molecule has 3 aromatic carbocycles. The molecular formula is C22H20F2N2. The molecule has 4 aromatic rings. The number of hydrogen-bond donors (Lipinski definition) is 1. The van der Waals surface area contributed by atoms with Crippen LogP contribution in [0.25, 0.3) is 21.8 Å². The number of aromatic amines is 1. The molecule has 132 valence electrons. The average Bonchev–Trinajstić information content (AvgIpc) is 3.04. The van der Waals surface area contributed by atoms with Crippen LogP contribution in [0.1, 0.15) is 43.5 Å². The molecule has 0 saturated heterocycles. The smallest absolute Gasteiger partial charge is 0.161 e. The van der Waals surface area contributed by atoms with E-state index in [1.165, 1.54) is 16.8 Å². The molecule has 1 unspecified atom stereocenters. The Balaban J connectivity index is 1.80. The fourth-order valence-corrected chi connectivity index (χ4v) is 3.48. The van der Waals surface area contributed by atoms with Crippen molar-refractivity contribution in [3.63, 3.8) is 0 Å². The Bertz CT molecular complexity index is 1030. The van der Waals surface area contributed by atoms with Crippen molar-refractivity contribution in [3.8, 4) is 0 Å². The van der Waals surface area contributed by atoms with E-state index in [-0.39, 0.29) is 5.92 Å².